The van der Waals surface area contributed by atoms with Gasteiger partial charge in [-0.15, -0.1) is 4.99 Å². The molecule has 0 aromatic heterocycles. The first-order valence-electron chi connectivity index (χ1n) is 12.6. The van der Waals surface area contributed by atoms with Crippen molar-refractivity contribution in [2.45, 2.75) is 58.5 Å². The lowest BCUT2D eigenvalue weighted by Gasteiger charge is -2.24. The Morgan fingerprint density at radius 1 is 0.950 bits per heavy atom. The lowest BCUT2D eigenvalue weighted by atomic mass is 10.1. The average Bonchev–Trinajstić information content (AvgIpc) is 2.91. The molecule has 40 heavy (non-hydrogen) atoms. The number of alkyl halides is 1. The van der Waals surface area contributed by atoms with Gasteiger partial charge >= 0.3 is 18.3 Å². The maximum Gasteiger partial charge on any atom is 0.437 e. The normalized spacial score (nSPS) is 12.2. The third kappa shape index (κ3) is 12.5. The molecule has 2 rings (SSSR count). The number of alkyl carbamates (subject to hydrolysis) is 1. The largest absolute Gasteiger partial charge is 0.444 e. The zero-order valence-electron chi connectivity index (χ0n) is 22.8. The highest BCUT2D eigenvalue weighted by Gasteiger charge is 2.25. The van der Waals surface area contributed by atoms with Crippen molar-refractivity contribution in [3.05, 3.63) is 71.8 Å². The molecule has 0 saturated heterocycles. The number of rotatable bonds is 11. The fraction of sp³-hybridized carbons (Fsp3) is 0.393. The van der Waals surface area contributed by atoms with Gasteiger partial charge in [-0.05, 0) is 44.7 Å². The maximum atomic E-state index is 13.0. The standard InChI is InChI=1S/C28H35IN4O7/c1-28(2,3)40-26(36)31-22(23(34)17-29)15-10-16-33(27(37)39-19-21-13-8-5-9-14-21)24(30)32-25(35)38-18-20-11-6-4-7-12-20/h4-9,11-14,22H,10,15-19H2,1-3H3,(H,31,36)(H2,30,32,35)/t22-/m0/s1. The predicted molar refractivity (Wildman–Crippen MR) is 158 cm³/mol. The van der Waals surface area contributed by atoms with Gasteiger partial charge in [-0.25, -0.2) is 19.3 Å². The topological polar surface area (TPSA) is 150 Å². The highest BCUT2D eigenvalue weighted by molar-refractivity contribution is 14.1. The van der Waals surface area contributed by atoms with Crippen LogP contribution in [0.1, 0.15) is 44.7 Å². The first-order chi connectivity index (χ1) is 19.0. The lowest BCUT2D eigenvalue weighted by molar-refractivity contribution is -0.118. The van der Waals surface area contributed by atoms with Gasteiger partial charge in [0.05, 0.1) is 10.5 Å². The van der Waals surface area contributed by atoms with Crippen LogP contribution in [0.25, 0.3) is 0 Å². The summed E-state index contributed by atoms with van der Waals surface area (Å²) in [5, 5.41) is 2.58. The second-order valence-corrected chi connectivity index (χ2v) is 10.4. The van der Waals surface area contributed by atoms with E-state index in [1.165, 1.54) is 0 Å². The van der Waals surface area contributed by atoms with Crippen molar-refractivity contribution in [3.8, 4) is 0 Å². The quantitative estimate of drug-likeness (QED) is 0.113. The highest BCUT2D eigenvalue weighted by Crippen LogP contribution is 2.11. The van der Waals surface area contributed by atoms with Crippen LogP contribution in [0.2, 0.25) is 0 Å². The SMILES string of the molecule is CC(C)(C)OC(=O)N[C@@H](CCCN(C(=O)OCc1ccccc1)/C(N)=N\C(=O)OCc1ccccc1)C(=O)CI. The van der Waals surface area contributed by atoms with Crippen molar-refractivity contribution in [1.82, 2.24) is 10.2 Å². The van der Waals surface area contributed by atoms with Crippen molar-refractivity contribution in [1.29, 1.82) is 0 Å². The van der Waals surface area contributed by atoms with Gasteiger partial charge in [-0.3, -0.25) is 4.79 Å². The van der Waals surface area contributed by atoms with Gasteiger partial charge in [-0.2, -0.15) is 0 Å². The Morgan fingerprint density at radius 3 is 2.02 bits per heavy atom. The number of Topliss-reactive ketones (excluding diaryl/α,β-unsaturated/α-hetero) is 1. The molecule has 0 unspecified atom stereocenters. The van der Waals surface area contributed by atoms with E-state index in [1.807, 2.05) is 34.7 Å². The fourth-order valence-corrected chi connectivity index (χ4v) is 3.84. The summed E-state index contributed by atoms with van der Waals surface area (Å²) in [6.45, 7) is 5.05. The number of carbonyl (C=O) groups is 4. The summed E-state index contributed by atoms with van der Waals surface area (Å²) in [4.78, 5) is 54.7. The molecule has 216 valence electrons. The van der Waals surface area contributed by atoms with E-state index in [9.17, 15) is 19.2 Å². The number of hydrogen-bond donors (Lipinski definition) is 2. The minimum Gasteiger partial charge on any atom is -0.444 e. The number of guanidine groups is 1. The van der Waals surface area contributed by atoms with Crippen LogP contribution in [-0.2, 0) is 32.2 Å². The van der Waals surface area contributed by atoms with Crippen LogP contribution in [0.15, 0.2) is 65.7 Å². The van der Waals surface area contributed by atoms with Crippen molar-refractivity contribution in [2.24, 2.45) is 10.7 Å². The number of nitrogens with one attached hydrogen (secondary N) is 1. The molecule has 3 N–H and O–H groups in total. The van der Waals surface area contributed by atoms with Crippen molar-refractivity contribution in [3.63, 3.8) is 0 Å². The second kappa shape index (κ2) is 16.4. The smallest absolute Gasteiger partial charge is 0.437 e. The van der Waals surface area contributed by atoms with E-state index in [4.69, 9.17) is 19.9 Å². The molecular weight excluding hydrogens is 631 g/mol. The molecule has 2 aromatic carbocycles. The van der Waals surface area contributed by atoms with E-state index in [0.29, 0.717) is 0 Å². The molecule has 0 spiro atoms. The molecule has 11 nitrogen and oxygen atoms in total. The lowest BCUT2D eigenvalue weighted by Crippen LogP contribution is -2.46. The molecule has 0 fully saturated rings. The van der Waals surface area contributed by atoms with Gasteiger partial charge in [0.1, 0.15) is 18.8 Å². The Kier molecular flexibility index (Phi) is 13.4. The highest BCUT2D eigenvalue weighted by atomic mass is 127. The van der Waals surface area contributed by atoms with E-state index in [0.717, 1.165) is 16.0 Å². The summed E-state index contributed by atoms with van der Waals surface area (Å²) in [6.07, 6.45) is -2.14. The van der Waals surface area contributed by atoms with E-state index in [-0.39, 0.29) is 42.8 Å². The third-order valence-electron chi connectivity index (χ3n) is 5.20. The van der Waals surface area contributed by atoms with E-state index in [1.54, 1.807) is 69.3 Å². The minimum absolute atomic E-state index is 0.0225. The summed E-state index contributed by atoms with van der Waals surface area (Å²) in [5.41, 5.74) is 6.80. The monoisotopic (exact) mass is 666 g/mol. The second-order valence-electron chi connectivity index (χ2n) is 9.64. The van der Waals surface area contributed by atoms with Crippen molar-refractivity contribution >= 4 is 52.6 Å². The molecule has 0 saturated carbocycles. The van der Waals surface area contributed by atoms with Crippen molar-refractivity contribution < 1.29 is 33.4 Å². The number of benzene rings is 2. The van der Waals surface area contributed by atoms with Gasteiger partial charge in [0.2, 0.25) is 5.96 Å². The maximum absolute atomic E-state index is 13.0. The summed E-state index contributed by atoms with van der Waals surface area (Å²) in [6, 6.07) is 17.2. The van der Waals surface area contributed by atoms with Gasteiger partial charge in [0.25, 0.3) is 0 Å². The number of ether oxygens (including phenoxy) is 3. The zero-order chi connectivity index (χ0) is 29.5. The van der Waals surface area contributed by atoms with Crippen LogP contribution in [0, 0.1) is 0 Å². The summed E-state index contributed by atoms with van der Waals surface area (Å²) in [5.74, 6) is -0.635. The van der Waals surface area contributed by atoms with Gasteiger partial charge < -0.3 is 25.3 Å². The summed E-state index contributed by atoms with van der Waals surface area (Å²) in [7, 11) is 0. The average molecular weight is 667 g/mol. The number of halogens is 1. The Morgan fingerprint density at radius 2 is 1.50 bits per heavy atom. The van der Waals surface area contributed by atoms with Gasteiger partial charge in [0.15, 0.2) is 5.78 Å². The molecular formula is C28H35IN4O7. The molecule has 3 amide bonds. The number of ketones is 1. The van der Waals surface area contributed by atoms with E-state index >= 15 is 0 Å². The molecule has 0 bridgehead atoms. The Balaban J connectivity index is 2.09. The summed E-state index contributed by atoms with van der Waals surface area (Å²) >= 11 is 1.91. The number of aliphatic imine (C=N–C) groups is 1. The Labute approximate surface area is 247 Å². The van der Waals surface area contributed by atoms with E-state index in [2.05, 4.69) is 10.3 Å². The zero-order valence-corrected chi connectivity index (χ0v) is 25.0. The van der Waals surface area contributed by atoms with Crippen LogP contribution >= 0.6 is 22.6 Å². The first kappa shape index (κ1) is 32.5. The van der Waals surface area contributed by atoms with Gasteiger partial charge in [0, 0.05) is 6.54 Å². The van der Waals surface area contributed by atoms with Crippen LogP contribution in [0.5, 0.6) is 0 Å². The number of hydrogen-bond acceptors (Lipinski definition) is 7. The number of amides is 3. The summed E-state index contributed by atoms with van der Waals surface area (Å²) < 4.78 is 15.9. The number of carbonyl (C=O) groups excluding carboxylic acids is 4. The minimum atomic E-state index is -0.980. The first-order valence-corrected chi connectivity index (χ1v) is 14.1. The van der Waals surface area contributed by atoms with Crippen LogP contribution in [0.3, 0.4) is 0 Å². The predicted octanol–water partition coefficient (Wildman–Crippen LogP) is 4.95. The van der Waals surface area contributed by atoms with Gasteiger partial charge in [-0.1, -0.05) is 83.3 Å². The van der Waals surface area contributed by atoms with Crippen molar-refractivity contribution in [2.75, 3.05) is 11.0 Å². The van der Waals surface area contributed by atoms with Crippen LogP contribution in [0.4, 0.5) is 14.4 Å². The molecule has 0 aliphatic carbocycles. The third-order valence-corrected chi connectivity index (χ3v) is 5.95. The number of nitrogens with two attached hydrogens (primary N) is 1. The Hall–Kier alpha value is -3.68. The molecule has 0 heterocycles. The van der Waals surface area contributed by atoms with Crippen LogP contribution < -0.4 is 11.1 Å². The molecule has 0 aliphatic rings. The molecule has 12 heteroatoms. The molecule has 0 radical (unpaired) electrons. The molecule has 0 aliphatic heterocycles. The van der Waals surface area contributed by atoms with Crippen LogP contribution in [-0.4, -0.2) is 57.5 Å². The fourth-order valence-electron chi connectivity index (χ4n) is 3.31. The Bertz CT molecular complexity index is 1150. The van der Waals surface area contributed by atoms with E-state index < -0.39 is 35.9 Å². The number of nitrogens with zero attached hydrogens (tertiary/aromatic N) is 2. The molecule has 2 aromatic rings. The molecule has 1 atom stereocenters.